The molecule has 0 aliphatic carbocycles. The SMILES string of the molecule is CCC(C)Oc1c(F)c[c-]cc1F.[Zn+][Br]. The molecule has 0 N–H and O–H groups in total. The van der Waals surface area contributed by atoms with Gasteiger partial charge in [0.15, 0.2) is 0 Å². The Morgan fingerprint density at radius 3 is 2.27 bits per heavy atom. The van der Waals surface area contributed by atoms with E-state index < -0.39 is 11.6 Å². The van der Waals surface area contributed by atoms with Crippen LogP contribution < -0.4 is 4.74 Å². The Morgan fingerprint density at radius 1 is 1.40 bits per heavy atom. The molecular formula is C10H11BrF2OZn. The third-order valence-electron chi connectivity index (χ3n) is 1.75. The molecule has 15 heavy (non-hydrogen) atoms. The summed E-state index contributed by atoms with van der Waals surface area (Å²) in [5.41, 5.74) is 0. The summed E-state index contributed by atoms with van der Waals surface area (Å²) in [6.07, 6.45) is 0.517. The van der Waals surface area contributed by atoms with Crippen molar-refractivity contribution in [3.63, 3.8) is 0 Å². The molecule has 0 amide bonds. The minimum absolute atomic E-state index is 0.189. The van der Waals surface area contributed by atoms with Gasteiger partial charge in [0.2, 0.25) is 0 Å². The van der Waals surface area contributed by atoms with E-state index in [2.05, 4.69) is 19.7 Å². The zero-order valence-corrected chi connectivity index (χ0v) is 13.2. The second-order valence-corrected chi connectivity index (χ2v) is 2.82. The molecular weight excluding hydrogens is 319 g/mol. The molecule has 5 heteroatoms. The normalized spacial score (nSPS) is 11.4. The minimum atomic E-state index is -0.708. The van der Waals surface area contributed by atoms with Crippen molar-refractivity contribution >= 4 is 13.6 Å². The summed E-state index contributed by atoms with van der Waals surface area (Å²) in [4.78, 5) is 0. The van der Waals surface area contributed by atoms with Crippen molar-refractivity contribution in [1.82, 2.24) is 0 Å². The molecule has 80 valence electrons. The maximum atomic E-state index is 13.0. The van der Waals surface area contributed by atoms with Crippen molar-refractivity contribution in [2.45, 2.75) is 26.4 Å². The van der Waals surface area contributed by atoms with Gasteiger partial charge in [-0.1, -0.05) is 6.92 Å². The monoisotopic (exact) mass is 328 g/mol. The zero-order valence-electron chi connectivity index (χ0n) is 8.69. The standard InChI is InChI=1S/C10H11F2O.BrH.Zn/c1-3-7(2)13-10-8(11)5-4-6-9(10)12;;/h5-7H,3H2,1-2H3;1H;/q-1;;+2/p-1. The number of halogens is 3. The summed E-state index contributed by atoms with van der Waals surface area (Å²) < 4.78 is 31.0. The van der Waals surface area contributed by atoms with Crippen LogP contribution in [0.15, 0.2) is 12.1 Å². The third kappa shape index (κ3) is 5.03. The van der Waals surface area contributed by atoms with E-state index in [1.807, 2.05) is 6.92 Å². The molecule has 1 atom stereocenters. The Bertz CT molecular complexity index is 277. The summed E-state index contributed by atoms with van der Waals surface area (Å²) in [5.74, 6) is -1.73. The second-order valence-electron chi connectivity index (χ2n) is 2.82. The van der Waals surface area contributed by atoms with Crippen LogP contribution in [-0.2, 0) is 16.3 Å². The molecule has 0 spiro atoms. The summed E-state index contributed by atoms with van der Waals surface area (Å²) in [7, 11) is 0. The molecule has 0 bridgehead atoms. The fourth-order valence-electron chi connectivity index (χ4n) is 0.830. The van der Waals surface area contributed by atoms with E-state index in [0.717, 1.165) is 12.1 Å². The Labute approximate surface area is 105 Å². The number of rotatable bonds is 3. The summed E-state index contributed by atoms with van der Waals surface area (Å²) >= 11 is 4.25. The van der Waals surface area contributed by atoms with Gasteiger partial charge in [-0.3, -0.25) is 8.78 Å². The van der Waals surface area contributed by atoms with E-state index in [1.54, 1.807) is 6.92 Å². The predicted octanol–water partition coefficient (Wildman–Crippen LogP) is 3.79. The number of hydrogen-bond acceptors (Lipinski definition) is 1. The molecule has 1 nitrogen and oxygen atoms in total. The van der Waals surface area contributed by atoms with Crippen LogP contribution in [-0.4, -0.2) is 6.10 Å². The van der Waals surface area contributed by atoms with Crippen molar-refractivity contribution in [2.24, 2.45) is 0 Å². The van der Waals surface area contributed by atoms with E-state index >= 15 is 0 Å². The van der Waals surface area contributed by atoms with E-state index in [0.29, 0.717) is 6.42 Å². The van der Waals surface area contributed by atoms with Crippen LogP contribution >= 0.6 is 13.6 Å². The Morgan fingerprint density at radius 2 is 1.87 bits per heavy atom. The average Bonchev–Trinajstić information content (AvgIpc) is 2.26. The first-order chi connectivity index (χ1) is 7.15. The second kappa shape index (κ2) is 8.17. The van der Waals surface area contributed by atoms with Crippen molar-refractivity contribution in [3.05, 3.63) is 29.8 Å². The fraction of sp³-hybridized carbons (Fsp3) is 0.400. The van der Waals surface area contributed by atoms with Gasteiger partial charge < -0.3 is 4.74 Å². The first kappa shape index (κ1) is 15.0. The fourth-order valence-corrected chi connectivity index (χ4v) is 0.830. The van der Waals surface area contributed by atoms with Gasteiger partial charge in [0.1, 0.15) is 0 Å². The van der Waals surface area contributed by atoms with Crippen LogP contribution in [0.3, 0.4) is 0 Å². The molecule has 0 aliphatic rings. The van der Waals surface area contributed by atoms with Gasteiger partial charge in [0.05, 0.1) is 23.5 Å². The average molecular weight is 330 g/mol. The molecule has 1 aromatic rings. The molecule has 0 saturated carbocycles. The van der Waals surface area contributed by atoms with Gasteiger partial charge in [-0.25, -0.2) is 0 Å². The topological polar surface area (TPSA) is 9.23 Å². The van der Waals surface area contributed by atoms with Gasteiger partial charge >= 0.3 is 30.0 Å². The maximum absolute atomic E-state index is 13.0. The third-order valence-corrected chi connectivity index (χ3v) is 1.75. The van der Waals surface area contributed by atoms with Crippen LogP contribution in [0, 0.1) is 17.7 Å². The molecule has 0 aliphatic heterocycles. The first-order valence-electron chi connectivity index (χ1n) is 4.43. The first-order valence-corrected chi connectivity index (χ1v) is 11.4. The molecule has 1 aromatic carbocycles. The van der Waals surface area contributed by atoms with Gasteiger partial charge in [-0.15, -0.1) is 12.1 Å². The van der Waals surface area contributed by atoms with Crippen LogP contribution in [0.1, 0.15) is 20.3 Å². The number of benzene rings is 1. The Hall–Kier alpha value is -0.0166. The Balaban J connectivity index is 0.000000921. The number of ether oxygens (including phenoxy) is 1. The molecule has 1 unspecified atom stereocenters. The van der Waals surface area contributed by atoms with Crippen LogP contribution in [0.4, 0.5) is 8.78 Å². The summed E-state index contributed by atoms with van der Waals surface area (Å²) in [5, 5.41) is 0. The van der Waals surface area contributed by atoms with Crippen molar-refractivity contribution in [2.75, 3.05) is 0 Å². The molecule has 1 rings (SSSR count). The molecule has 0 fully saturated rings. The van der Waals surface area contributed by atoms with E-state index in [9.17, 15) is 8.78 Å². The van der Waals surface area contributed by atoms with Crippen molar-refractivity contribution in [3.8, 4) is 5.75 Å². The van der Waals surface area contributed by atoms with Crippen molar-refractivity contribution < 1.29 is 29.9 Å². The van der Waals surface area contributed by atoms with Crippen LogP contribution in [0.5, 0.6) is 5.75 Å². The van der Waals surface area contributed by atoms with Gasteiger partial charge in [-0.05, 0) is 13.3 Å². The summed E-state index contributed by atoms with van der Waals surface area (Å²) in [6.45, 7) is 3.64. The predicted molar refractivity (Wildman–Crippen MR) is 54.5 cm³/mol. The van der Waals surface area contributed by atoms with Crippen molar-refractivity contribution in [1.29, 1.82) is 0 Å². The summed E-state index contributed by atoms with van der Waals surface area (Å²) in [6, 6.07) is 4.44. The Kier molecular flexibility index (Phi) is 8.16. The van der Waals surface area contributed by atoms with Gasteiger partial charge in [0.25, 0.3) is 0 Å². The van der Waals surface area contributed by atoms with Crippen LogP contribution in [0.2, 0.25) is 0 Å². The molecule has 0 heterocycles. The van der Waals surface area contributed by atoms with E-state index in [1.165, 1.54) is 16.3 Å². The molecule has 0 aromatic heterocycles. The number of hydrogen-bond donors (Lipinski definition) is 0. The zero-order chi connectivity index (χ0) is 11.8. The molecule has 0 radical (unpaired) electrons. The van der Waals surface area contributed by atoms with E-state index in [-0.39, 0.29) is 11.9 Å². The van der Waals surface area contributed by atoms with Gasteiger partial charge in [-0.2, -0.15) is 6.07 Å². The molecule has 0 saturated heterocycles. The quantitative estimate of drug-likeness (QED) is 0.605. The van der Waals surface area contributed by atoms with E-state index in [4.69, 9.17) is 4.74 Å². The van der Waals surface area contributed by atoms with Crippen LogP contribution in [0.25, 0.3) is 0 Å². The van der Waals surface area contributed by atoms with Gasteiger partial charge in [0, 0.05) is 0 Å².